The molecule has 1 aliphatic heterocycles. The molecule has 0 bridgehead atoms. The van der Waals surface area contributed by atoms with E-state index in [9.17, 15) is 4.91 Å². The summed E-state index contributed by atoms with van der Waals surface area (Å²) in [4.78, 5) is 11.6. The molecule has 3 heteroatoms. The van der Waals surface area contributed by atoms with E-state index in [-0.39, 0.29) is 17.6 Å². The Kier molecular flexibility index (Phi) is 5.10. The normalized spacial score (nSPS) is 34.4. The number of fused-ring (bicyclic) bond motifs is 3. The van der Waals surface area contributed by atoms with Crippen molar-refractivity contribution in [1.29, 1.82) is 0 Å². The van der Waals surface area contributed by atoms with Gasteiger partial charge in [0.15, 0.2) is 0 Å². The van der Waals surface area contributed by atoms with Crippen molar-refractivity contribution in [3.05, 3.63) is 40.0 Å². The first kappa shape index (κ1) is 17.6. The van der Waals surface area contributed by atoms with E-state index in [0.717, 1.165) is 25.7 Å². The molecule has 3 rings (SSSR count). The lowest BCUT2D eigenvalue weighted by Gasteiger charge is -2.52. The third-order valence-electron chi connectivity index (χ3n) is 6.12. The average molecular weight is 329 g/mol. The van der Waals surface area contributed by atoms with Gasteiger partial charge in [-0.05, 0) is 75.1 Å². The number of hydrogen-bond donors (Lipinski definition) is 0. The fraction of sp³-hybridized carbons (Fsp3) is 0.714. The quantitative estimate of drug-likeness (QED) is 0.356. The summed E-state index contributed by atoms with van der Waals surface area (Å²) in [6, 6.07) is 0. The number of rotatable bonds is 5. The highest BCUT2D eigenvalue weighted by Gasteiger charge is 2.51. The van der Waals surface area contributed by atoms with Gasteiger partial charge in [0.25, 0.3) is 0 Å². The van der Waals surface area contributed by atoms with Crippen LogP contribution in [0, 0.1) is 22.7 Å². The lowest BCUT2D eigenvalue weighted by Crippen LogP contribution is -2.53. The molecule has 4 atom stereocenters. The molecule has 0 aromatic carbocycles. The Bertz CT molecular complexity index is 585. The van der Waals surface area contributed by atoms with Crippen LogP contribution in [0.5, 0.6) is 0 Å². The van der Waals surface area contributed by atoms with Crippen LogP contribution < -0.4 is 0 Å². The fourth-order valence-corrected chi connectivity index (χ4v) is 4.87. The summed E-state index contributed by atoms with van der Waals surface area (Å²) in [7, 11) is 0. The highest BCUT2D eigenvalue weighted by Crippen LogP contribution is 2.51. The average Bonchev–Trinajstić information content (AvgIpc) is 2.53. The van der Waals surface area contributed by atoms with Crippen molar-refractivity contribution in [3.8, 4) is 0 Å². The van der Waals surface area contributed by atoms with E-state index >= 15 is 0 Å². The topological polar surface area (TPSA) is 38.7 Å². The predicted octanol–water partition coefficient (Wildman–Crippen LogP) is 5.92. The molecule has 3 nitrogen and oxygen atoms in total. The largest absolute Gasteiger partial charge is 0.367 e. The highest BCUT2D eigenvalue weighted by atomic mass is 16.5. The van der Waals surface area contributed by atoms with Crippen LogP contribution in [0.15, 0.2) is 40.2 Å². The smallest absolute Gasteiger partial charge is 0.0917 e. The second kappa shape index (κ2) is 6.95. The van der Waals surface area contributed by atoms with Crippen molar-refractivity contribution >= 4 is 0 Å². The van der Waals surface area contributed by atoms with E-state index in [1.807, 2.05) is 6.08 Å². The van der Waals surface area contributed by atoms with Crippen molar-refractivity contribution in [2.24, 2.45) is 22.9 Å². The van der Waals surface area contributed by atoms with E-state index in [1.165, 1.54) is 24.0 Å². The van der Waals surface area contributed by atoms with Crippen molar-refractivity contribution in [2.45, 2.75) is 77.9 Å². The lowest BCUT2D eigenvalue weighted by atomic mass is 9.62. The number of nitroso groups, excluding NO2 is 1. The lowest BCUT2D eigenvalue weighted by molar-refractivity contribution is -0.165. The molecule has 0 aromatic heterocycles. The van der Waals surface area contributed by atoms with Crippen LogP contribution in [-0.2, 0) is 4.74 Å². The molecule has 24 heavy (non-hydrogen) atoms. The molecule has 3 aliphatic rings. The Balaban J connectivity index is 1.91. The fourth-order valence-electron chi connectivity index (χ4n) is 4.87. The number of unbranched alkanes of at least 4 members (excludes halogenated alkanes) is 2. The Morgan fingerprint density at radius 1 is 1.29 bits per heavy atom. The summed E-state index contributed by atoms with van der Waals surface area (Å²) in [5.41, 5.74) is 3.21. The SMILES string of the molecule is CCCCCC1=CC2OC(C)(C)C3CCC(C)=CC3C2C(N=O)=C1. The standard InChI is InChI=1S/C21H31NO2/c1-5-6-7-8-15-12-18(22-23)20-16-11-14(2)9-10-17(16)21(3,4)24-19(20)13-15/h11-13,16-17,19-20H,5-10H2,1-4H3. The van der Waals surface area contributed by atoms with Gasteiger partial charge in [-0.2, -0.15) is 0 Å². The summed E-state index contributed by atoms with van der Waals surface area (Å²) >= 11 is 0. The molecule has 0 aromatic rings. The second-order valence-electron chi connectivity index (χ2n) is 8.31. The minimum atomic E-state index is -0.153. The zero-order valence-electron chi connectivity index (χ0n) is 15.5. The monoisotopic (exact) mass is 329 g/mol. The molecule has 0 saturated carbocycles. The summed E-state index contributed by atoms with van der Waals surface area (Å²) in [6.45, 7) is 8.85. The van der Waals surface area contributed by atoms with Crippen molar-refractivity contribution in [2.75, 3.05) is 0 Å². The van der Waals surface area contributed by atoms with E-state index in [2.05, 4.69) is 45.0 Å². The molecule has 2 aliphatic carbocycles. The van der Waals surface area contributed by atoms with Crippen molar-refractivity contribution < 1.29 is 4.74 Å². The maximum atomic E-state index is 11.6. The van der Waals surface area contributed by atoms with Crippen LogP contribution in [0.4, 0.5) is 0 Å². The van der Waals surface area contributed by atoms with E-state index in [1.54, 1.807) is 0 Å². The van der Waals surface area contributed by atoms with Crippen LogP contribution in [0.3, 0.4) is 0 Å². The molecule has 1 heterocycles. The van der Waals surface area contributed by atoms with Crippen molar-refractivity contribution in [3.63, 3.8) is 0 Å². The first-order valence-electron chi connectivity index (χ1n) is 9.57. The van der Waals surface area contributed by atoms with Crippen LogP contribution in [0.25, 0.3) is 0 Å². The molecule has 4 unspecified atom stereocenters. The molecule has 0 N–H and O–H groups in total. The van der Waals surface area contributed by atoms with Gasteiger partial charge in [0.2, 0.25) is 0 Å². The van der Waals surface area contributed by atoms with Gasteiger partial charge in [0, 0.05) is 5.92 Å². The van der Waals surface area contributed by atoms with E-state index in [4.69, 9.17) is 4.74 Å². The van der Waals surface area contributed by atoms with Gasteiger partial charge in [0.1, 0.15) is 0 Å². The number of hydrogen-bond acceptors (Lipinski definition) is 3. The minimum Gasteiger partial charge on any atom is -0.367 e. The van der Waals surface area contributed by atoms with Gasteiger partial charge < -0.3 is 4.74 Å². The van der Waals surface area contributed by atoms with Gasteiger partial charge >= 0.3 is 0 Å². The number of ether oxygens (including phenoxy) is 1. The van der Waals surface area contributed by atoms with Gasteiger partial charge in [0.05, 0.1) is 17.4 Å². The van der Waals surface area contributed by atoms with Crippen molar-refractivity contribution in [1.82, 2.24) is 0 Å². The minimum absolute atomic E-state index is 0.0160. The maximum Gasteiger partial charge on any atom is 0.0917 e. The third kappa shape index (κ3) is 3.28. The second-order valence-corrected chi connectivity index (χ2v) is 8.31. The highest BCUT2D eigenvalue weighted by molar-refractivity contribution is 5.35. The Labute approximate surface area is 146 Å². The molecule has 0 amide bonds. The Morgan fingerprint density at radius 2 is 2.08 bits per heavy atom. The first-order valence-corrected chi connectivity index (χ1v) is 9.57. The number of allylic oxidation sites excluding steroid dienone is 4. The third-order valence-corrected chi connectivity index (χ3v) is 6.12. The van der Waals surface area contributed by atoms with Gasteiger partial charge in [-0.15, -0.1) is 4.91 Å². The summed E-state index contributed by atoms with van der Waals surface area (Å²) in [5, 5.41) is 3.44. The summed E-state index contributed by atoms with van der Waals surface area (Å²) in [5.74, 6) is 0.915. The zero-order chi connectivity index (χ0) is 17.3. The van der Waals surface area contributed by atoms with Crippen LogP contribution >= 0.6 is 0 Å². The Morgan fingerprint density at radius 3 is 2.79 bits per heavy atom. The maximum absolute atomic E-state index is 11.6. The van der Waals surface area contributed by atoms with Crippen LogP contribution in [-0.4, -0.2) is 11.7 Å². The molecule has 0 radical (unpaired) electrons. The predicted molar refractivity (Wildman–Crippen MR) is 98.5 cm³/mol. The summed E-state index contributed by atoms with van der Waals surface area (Å²) < 4.78 is 6.51. The molecule has 1 fully saturated rings. The molecule has 132 valence electrons. The van der Waals surface area contributed by atoms with E-state index < -0.39 is 0 Å². The first-order chi connectivity index (χ1) is 11.5. The van der Waals surface area contributed by atoms with Gasteiger partial charge in [-0.1, -0.05) is 37.5 Å². The molecule has 1 saturated heterocycles. The van der Waals surface area contributed by atoms with Crippen LogP contribution in [0.1, 0.15) is 66.2 Å². The number of nitrogens with zero attached hydrogens (tertiary/aromatic N) is 1. The Hall–Kier alpha value is -1.22. The van der Waals surface area contributed by atoms with E-state index in [0.29, 0.717) is 17.5 Å². The zero-order valence-corrected chi connectivity index (χ0v) is 15.5. The summed E-state index contributed by atoms with van der Waals surface area (Å²) in [6.07, 6.45) is 13.6. The van der Waals surface area contributed by atoms with Gasteiger partial charge in [-0.25, -0.2) is 0 Å². The van der Waals surface area contributed by atoms with Gasteiger partial charge in [-0.3, -0.25) is 0 Å². The molecular weight excluding hydrogens is 298 g/mol. The molecular formula is C21H31NO2. The molecule has 0 spiro atoms. The van der Waals surface area contributed by atoms with Crippen LogP contribution in [0.2, 0.25) is 0 Å².